The number of amides is 2. The van der Waals surface area contributed by atoms with Crippen LogP contribution in [0.1, 0.15) is 28.7 Å². The highest BCUT2D eigenvalue weighted by molar-refractivity contribution is 5.95. The molecular formula is C18H24N4O4. The van der Waals surface area contributed by atoms with Crippen molar-refractivity contribution < 1.29 is 19.1 Å². The smallest absolute Gasteiger partial charge is 0.269 e. The summed E-state index contributed by atoms with van der Waals surface area (Å²) in [6, 6.07) is 7.10. The summed E-state index contributed by atoms with van der Waals surface area (Å²) in [4.78, 5) is 24.2. The predicted molar refractivity (Wildman–Crippen MR) is 96.4 cm³/mol. The lowest BCUT2D eigenvalue weighted by Crippen LogP contribution is -2.37. The van der Waals surface area contributed by atoms with Crippen molar-refractivity contribution in [2.24, 2.45) is 0 Å². The van der Waals surface area contributed by atoms with E-state index in [1.807, 2.05) is 19.9 Å². The molecule has 1 aromatic heterocycles. The SMILES string of the molecule is CCn1nc(C)cc1C(=O)NCC(=O)NCc1ccc(OC)c(OC)c1. The number of carbonyl (C=O) groups is 2. The molecule has 0 bridgehead atoms. The van der Waals surface area contributed by atoms with Crippen molar-refractivity contribution in [2.45, 2.75) is 26.9 Å². The standard InChI is InChI=1S/C18H24N4O4/c1-5-22-14(8-12(2)21-22)18(24)20-11-17(23)19-10-13-6-7-15(25-3)16(9-13)26-4/h6-9H,5,10-11H2,1-4H3,(H,19,23)(H,20,24). The minimum Gasteiger partial charge on any atom is -0.493 e. The van der Waals surface area contributed by atoms with Crippen molar-refractivity contribution in [1.29, 1.82) is 0 Å². The monoisotopic (exact) mass is 360 g/mol. The summed E-state index contributed by atoms with van der Waals surface area (Å²) in [6.07, 6.45) is 0. The van der Waals surface area contributed by atoms with E-state index in [1.54, 1.807) is 37.1 Å². The van der Waals surface area contributed by atoms with E-state index >= 15 is 0 Å². The van der Waals surface area contributed by atoms with Crippen LogP contribution in [0, 0.1) is 6.92 Å². The van der Waals surface area contributed by atoms with Crippen LogP contribution in [-0.2, 0) is 17.9 Å². The molecule has 0 aliphatic carbocycles. The number of hydrogen-bond donors (Lipinski definition) is 2. The van der Waals surface area contributed by atoms with Gasteiger partial charge in [-0.25, -0.2) is 0 Å². The second kappa shape index (κ2) is 8.89. The van der Waals surface area contributed by atoms with Crippen LogP contribution >= 0.6 is 0 Å². The summed E-state index contributed by atoms with van der Waals surface area (Å²) in [5.74, 6) is 0.606. The van der Waals surface area contributed by atoms with Gasteiger partial charge in [0, 0.05) is 13.1 Å². The van der Waals surface area contributed by atoms with Crippen LogP contribution < -0.4 is 20.1 Å². The number of benzene rings is 1. The van der Waals surface area contributed by atoms with Gasteiger partial charge >= 0.3 is 0 Å². The van der Waals surface area contributed by atoms with Gasteiger partial charge in [0.15, 0.2) is 11.5 Å². The molecule has 0 atom stereocenters. The van der Waals surface area contributed by atoms with E-state index in [9.17, 15) is 9.59 Å². The molecule has 2 amide bonds. The first kappa shape index (κ1) is 19.3. The zero-order valence-electron chi connectivity index (χ0n) is 15.5. The number of nitrogens with zero attached hydrogens (tertiary/aromatic N) is 2. The van der Waals surface area contributed by atoms with Crippen LogP contribution in [0.3, 0.4) is 0 Å². The first-order valence-corrected chi connectivity index (χ1v) is 8.28. The van der Waals surface area contributed by atoms with Crippen molar-refractivity contribution in [3.63, 3.8) is 0 Å². The Morgan fingerprint density at radius 1 is 1.12 bits per heavy atom. The number of hydrogen-bond acceptors (Lipinski definition) is 5. The van der Waals surface area contributed by atoms with Gasteiger partial charge in [0.1, 0.15) is 5.69 Å². The third-order valence-corrected chi connectivity index (χ3v) is 3.78. The van der Waals surface area contributed by atoms with Gasteiger partial charge in [0.2, 0.25) is 5.91 Å². The normalized spacial score (nSPS) is 10.3. The Balaban J connectivity index is 1.86. The Bertz CT molecular complexity index is 785. The van der Waals surface area contributed by atoms with Gasteiger partial charge in [-0.2, -0.15) is 5.10 Å². The number of aryl methyl sites for hydroxylation is 2. The Kier molecular flexibility index (Phi) is 6.60. The van der Waals surface area contributed by atoms with Crippen molar-refractivity contribution in [3.05, 3.63) is 41.2 Å². The molecule has 140 valence electrons. The number of methoxy groups -OCH3 is 2. The molecule has 2 aromatic rings. The molecule has 0 aliphatic rings. The molecule has 2 rings (SSSR count). The topological polar surface area (TPSA) is 94.5 Å². The predicted octanol–water partition coefficient (Wildman–Crippen LogP) is 1.27. The van der Waals surface area contributed by atoms with E-state index in [0.29, 0.717) is 30.3 Å². The van der Waals surface area contributed by atoms with Crippen LogP contribution in [0.2, 0.25) is 0 Å². The molecule has 8 nitrogen and oxygen atoms in total. The molecule has 1 heterocycles. The number of aromatic nitrogens is 2. The minimum atomic E-state index is -0.325. The fraction of sp³-hybridized carbons (Fsp3) is 0.389. The maximum atomic E-state index is 12.2. The molecule has 0 fully saturated rings. The fourth-order valence-corrected chi connectivity index (χ4v) is 2.47. The molecule has 2 N–H and O–H groups in total. The number of nitrogens with one attached hydrogen (secondary N) is 2. The summed E-state index contributed by atoms with van der Waals surface area (Å²) in [7, 11) is 3.12. The van der Waals surface area contributed by atoms with Crippen LogP contribution in [0.25, 0.3) is 0 Å². The van der Waals surface area contributed by atoms with Gasteiger partial charge in [-0.1, -0.05) is 6.07 Å². The second-order valence-corrected chi connectivity index (χ2v) is 5.64. The van der Waals surface area contributed by atoms with Crippen molar-refractivity contribution in [2.75, 3.05) is 20.8 Å². The van der Waals surface area contributed by atoms with E-state index in [1.165, 1.54) is 0 Å². The van der Waals surface area contributed by atoms with Crippen molar-refractivity contribution >= 4 is 11.8 Å². The Morgan fingerprint density at radius 3 is 2.50 bits per heavy atom. The third kappa shape index (κ3) is 4.75. The molecule has 0 saturated heterocycles. The Morgan fingerprint density at radius 2 is 1.85 bits per heavy atom. The summed E-state index contributed by atoms with van der Waals surface area (Å²) in [6.45, 7) is 4.51. The van der Waals surface area contributed by atoms with Gasteiger partial charge in [-0.05, 0) is 37.6 Å². The van der Waals surface area contributed by atoms with Gasteiger partial charge in [0.05, 0.1) is 26.5 Å². The first-order valence-electron chi connectivity index (χ1n) is 8.28. The quantitative estimate of drug-likeness (QED) is 0.739. The minimum absolute atomic E-state index is 0.111. The Labute approximate surface area is 152 Å². The highest BCUT2D eigenvalue weighted by atomic mass is 16.5. The van der Waals surface area contributed by atoms with E-state index < -0.39 is 0 Å². The maximum Gasteiger partial charge on any atom is 0.269 e. The molecule has 8 heteroatoms. The number of carbonyl (C=O) groups excluding carboxylic acids is 2. The van der Waals surface area contributed by atoms with E-state index in [0.717, 1.165) is 11.3 Å². The molecule has 0 saturated carbocycles. The molecular weight excluding hydrogens is 336 g/mol. The van der Waals surface area contributed by atoms with Crippen molar-refractivity contribution in [3.8, 4) is 11.5 Å². The molecule has 0 radical (unpaired) electrons. The van der Waals surface area contributed by atoms with Gasteiger partial charge in [-0.15, -0.1) is 0 Å². The fourth-order valence-electron chi connectivity index (χ4n) is 2.47. The summed E-state index contributed by atoms with van der Waals surface area (Å²) >= 11 is 0. The third-order valence-electron chi connectivity index (χ3n) is 3.78. The van der Waals surface area contributed by atoms with Gasteiger partial charge < -0.3 is 20.1 Å². The van der Waals surface area contributed by atoms with E-state index in [-0.39, 0.29) is 18.4 Å². The molecule has 0 spiro atoms. The lowest BCUT2D eigenvalue weighted by molar-refractivity contribution is -0.120. The largest absolute Gasteiger partial charge is 0.493 e. The van der Waals surface area contributed by atoms with Gasteiger partial charge in [-0.3, -0.25) is 14.3 Å². The average Bonchev–Trinajstić information content (AvgIpc) is 3.04. The summed E-state index contributed by atoms with van der Waals surface area (Å²) in [5.41, 5.74) is 2.06. The summed E-state index contributed by atoms with van der Waals surface area (Å²) in [5, 5.41) is 9.58. The van der Waals surface area contributed by atoms with Crippen LogP contribution in [-0.4, -0.2) is 42.4 Å². The molecule has 1 aromatic carbocycles. The molecule has 26 heavy (non-hydrogen) atoms. The van der Waals surface area contributed by atoms with Gasteiger partial charge in [0.25, 0.3) is 5.91 Å². The second-order valence-electron chi connectivity index (χ2n) is 5.64. The van der Waals surface area contributed by atoms with Crippen LogP contribution in [0.15, 0.2) is 24.3 Å². The zero-order valence-corrected chi connectivity index (χ0v) is 15.5. The van der Waals surface area contributed by atoms with Crippen LogP contribution in [0.5, 0.6) is 11.5 Å². The summed E-state index contributed by atoms with van der Waals surface area (Å²) < 4.78 is 12.0. The number of rotatable bonds is 8. The lowest BCUT2D eigenvalue weighted by atomic mass is 10.2. The van der Waals surface area contributed by atoms with E-state index in [4.69, 9.17) is 9.47 Å². The molecule has 0 unspecified atom stereocenters. The van der Waals surface area contributed by atoms with Crippen molar-refractivity contribution in [1.82, 2.24) is 20.4 Å². The van der Waals surface area contributed by atoms with E-state index in [2.05, 4.69) is 15.7 Å². The Hall–Kier alpha value is -3.03. The lowest BCUT2D eigenvalue weighted by Gasteiger charge is -2.11. The molecule has 0 aliphatic heterocycles. The average molecular weight is 360 g/mol. The maximum absolute atomic E-state index is 12.2. The first-order chi connectivity index (χ1) is 12.5. The zero-order chi connectivity index (χ0) is 19.1. The highest BCUT2D eigenvalue weighted by Crippen LogP contribution is 2.27. The van der Waals surface area contributed by atoms with Crippen LogP contribution in [0.4, 0.5) is 0 Å². The number of ether oxygens (including phenoxy) is 2. The highest BCUT2D eigenvalue weighted by Gasteiger charge is 2.14.